The van der Waals surface area contributed by atoms with Gasteiger partial charge in [-0.3, -0.25) is 28.8 Å². The highest BCUT2D eigenvalue weighted by Crippen LogP contribution is 2.45. The van der Waals surface area contributed by atoms with E-state index < -0.39 is 109 Å². The third kappa shape index (κ3) is 20.3. The van der Waals surface area contributed by atoms with Gasteiger partial charge in [-0.25, -0.2) is 14.6 Å². The van der Waals surface area contributed by atoms with Crippen LogP contribution in [0.25, 0.3) is 11.1 Å². The van der Waals surface area contributed by atoms with E-state index in [1.165, 1.54) is 18.2 Å². The van der Waals surface area contributed by atoms with Gasteiger partial charge in [0.1, 0.15) is 67.2 Å². The fraction of sp³-hybridized carbons (Fsp3) is 0.494. The van der Waals surface area contributed by atoms with Gasteiger partial charge in [0.05, 0.1) is 31.1 Å². The lowest BCUT2D eigenvalue weighted by Gasteiger charge is -2.44. The quantitative estimate of drug-likeness (QED) is 0.00875. The Morgan fingerprint density at radius 1 is 0.784 bits per heavy atom. The molecule has 1 aliphatic carbocycles. The molecule has 102 heavy (non-hydrogen) atoms. The number of aromatic nitrogens is 1. The molecular formula is C77H100N7O17S+. The highest BCUT2D eigenvalue weighted by atomic mass is 32.1. The average Bonchev–Trinajstić information content (AvgIpc) is 1.56. The number of aliphatic hydroxyl groups excluding tert-OH is 3. The van der Waals surface area contributed by atoms with Crippen LogP contribution in [0.4, 0.5) is 10.5 Å². The monoisotopic (exact) mass is 1430 g/mol. The van der Waals surface area contributed by atoms with Gasteiger partial charge in [-0.15, -0.1) is 11.3 Å². The van der Waals surface area contributed by atoms with Crippen molar-refractivity contribution >= 4 is 64.7 Å². The van der Waals surface area contributed by atoms with E-state index in [1.807, 2.05) is 114 Å². The molecule has 0 radical (unpaired) electrons. The molecule has 0 spiro atoms. The van der Waals surface area contributed by atoms with E-state index in [9.17, 15) is 44.1 Å². The Labute approximate surface area is 601 Å². The molecule has 5 amide bonds. The van der Waals surface area contributed by atoms with E-state index in [1.54, 1.807) is 50.2 Å². The molecule has 2 aliphatic heterocycles. The number of esters is 3. The van der Waals surface area contributed by atoms with Crippen LogP contribution >= 0.6 is 11.3 Å². The van der Waals surface area contributed by atoms with Crippen molar-refractivity contribution in [2.45, 2.75) is 173 Å². The van der Waals surface area contributed by atoms with Gasteiger partial charge in [0, 0.05) is 61.8 Å². The third-order valence-electron chi connectivity index (χ3n) is 19.3. The van der Waals surface area contributed by atoms with Crippen LogP contribution in [0.5, 0.6) is 5.75 Å². The van der Waals surface area contributed by atoms with Crippen molar-refractivity contribution in [1.82, 2.24) is 25.8 Å². The van der Waals surface area contributed by atoms with E-state index in [0.29, 0.717) is 42.8 Å². The normalized spacial score (nSPS) is 21.1. The number of anilines is 1. The predicted molar refractivity (Wildman–Crippen MR) is 383 cm³/mol. The highest BCUT2D eigenvalue weighted by molar-refractivity contribution is 7.09. The first-order chi connectivity index (χ1) is 48.7. The zero-order valence-electron chi connectivity index (χ0n) is 59.8. The number of piperidine rings is 1. The number of quaternary nitrogens is 1. The number of benzene rings is 4. The number of amides is 5. The Morgan fingerprint density at radius 2 is 1.45 bits per heavy atom. The smallest absolute Gasteiger partial charge is 0.407 e. The number of likely N-dealkylation sites (N-methyl/N-ethyl adjacent to an activating group) is 2. The van der Waals surface area contributed by atoms with Gasteiger partial charge >= 0.3 is 24.0 Å². The molecule has 0 saturated carbocycles. The fourth-order valence-electron chi connectivity index (χ4n) is 13.4. The number of carbonyl (C=O) groups excluding carboxylic acids is 8. The Balaban J connectivity index is 0.981. The number of hydrogen-bond acceptors (Lipinski definition) is 19. The Morgan fingerprint density at radius 3 is 2.11 bits per heavy atom. The van der Waals surface area contributed by atoms with Crippen molar-refractivity contribution in [2.24, 2.45) is 23.7 Å². The first-order valence-electron chi connectivity index (χ1n) is 35.1. The highest BCUT2D eigenvalue weighted by Gasteiger charge is 2.50. The summed E-state index contributed by atoms with van der Waals surface area (Å²) >= 11 is 1.15. The second-order valence-electron chi connectivity index (χ2n) is 27.6. The number of alkyl carbamates (subject to hydrolysis) is 1. The molecule has 1 aromatic heterocycles. The van der Waals surface area contributed by atoms with Crippen molar-refractivity contribution in [3.05, 3.63) is 161 Å². The van der Waals surface area contributed by atoms with Crippen LogP contribution < -0.4 is 26.0 Å². The number of thiazole rings is 1. The van der Waals surface area contributed by atoms with Gasteiger partial charge in [0.25, 0.3) is 11.8 Å². The molecule has 2 saturated heterocycles. The van der Waals surface area contributed by atoms with Crippen molar-refractivity contribution in [3.63, 3.8) is 0 Å². The maximum Gasteiger partial charge on any atom is 0.407 e. The molecule has 3 heterocycles. The van der Waals surface area contributed by atoms with Crippen molar-refractivity contribution < 1.29 is 86.6 Å². The van der Waals surface area contributed by atoms with Gasteiger partial charge in [-0.2, -0.15) is 0 Å². The van der Waals surface area contributed by atoms with Gasteiger partial charge < -0.3 is 74.4 Å². The molecule has 550 valence electrons. The number of ether oxygens (including phenoxy) is 6. The van der Waals surface area contributed by atoms with Crippen LogP contribution in [-0.4, -0.2) is 179 Å². The number of carbonyl (C=O) groups is 8. The standard InChI is InChI=1S/C77H99N7O17S/c1-12-36-96-74(93)48(9)38-51(39-49-24-16-15-17-25-49)79-69(89)58-44-102-71(81-58)62(99-73(92)46(6)7)41-59(45(4)5)83(10)72(91)64(47(8)14-3)82-70(90)60-30-22-23-35-84(60,11)42-50-31-32-61(100-76-67(88)65(86)66(87)68(101-76)75(94)97-37-13-2)57(40-50)80-63(85)33-34-78-77(95)98-43-56-54-28-20-18-26-52(54)53-27-19-21-29-55(53)56/h12-13,15-21,24-29,31-32,40,44-48,51,56,59-60,62,64-68,76,86-88H,1-2,14,22-23,30,33-39,41-43H2,3-11H3,(H3-,78,79,80,82,85,89,90,95)/p+1/t47-,48-,51+,59+,60+,62+,64-,65-,66-,67+,68-,76+,84?/m0/s1. The van der Waals surface area contributed by atoms with E-state index >= 15 is 9.59 Å². The van der Waals surface area contributed by atoms with E-state index in [4.69, 9.17) is 33.4 Å². The summed E-state index contributed by atoms with van der Waals surface area (Å²) in [6.07, 6.45) is -5.21. The molecule has 8 rings (SSSR count). The zero-order chi connectivity index (χ0) is 73.9. The largest absolute Gasteiger partial charge is 0.461 e. The average molecular weight is 1430 g/mol. The molecule has 1 unspecified atom stereocenters. The molecule has 13 atom stereocenters. The van der Waals surface area contributed by atoms with Crippen LogP contribution in [0, 0.1) is 23.7 Å². The van der Waals surface area contributed by atoms with Gasteiger partial charge in [0.15, 0.2) is 18.2 Å². The lowest BCUT2D eigenvalue weighted by atomic mass is 9.92. The minimum absolute atomic E-state index is 0.0576. The number of likely N-dealkylation sites (tertiary alicyclic amines) is 1. The second-order valence-corrected chi connectivity index (χ2v) is 28.5. The number of nitrogens with zero attached hydrogens (tertiary/aromatic N) is 3. The summed E-state index contributed by atoms with van der Waals surface area (Å²) in [5.41, 5.74) is 5.93. The molecule has 3 aliphatic rings. The summed E-state index contributed by atoms with van der Waals surface area (Å²) in [5, 5.41) is 46.6. The zero-order valence-corrected chi connectivity index (χ0v) is 60.6. The first kappa shape index (κ1) is 78.9. The summed E-state index contributed by atoms with van der Waals surface area (Å²) in [6.45, 7) is 20.6. The molecule has 5 aromatic rings. The molecule has 0 bridgehead atoms. The van der Waals surface area contributed by atoms with Crippen LogP contribution in [0.2, 0.25) is 0 Å². The molecule has 2 fully saturated rings. The van der Waals surface area contributed by atoms with Crippen LogP contribution in [-0.2, 0) is 65.4 Å². The minimum atomic E-state index is -1.93. The molecule has 25 heteroatoms. The van der Waals surface area contributed by atoms with Crippen molar-refractivity contribution in [2.75, 3.05) is 52.3 Å². The Bertz CT molecular complexity index is 3690. The number of aliphatic hydroxyl groups is 3. The maximum atomic E-state index is 15.3. The molecule has 7 N–H and O–H groups in total. The van der Waals surface area contributed by atoms with Crippen LogP contribution in [0.1, 0.15) is 143 Å². The van der Waals surface area contributed by atoms with E-state index in [-0.39, 0.29) is 103 Å². The number of fused-ring (bicyclic) bond motifs is 3. The third-order valence-corrected chi connectivity index (χ3v) is 20.3. The number of nitrogens with one attached hydrogen (secondary N) is 4. The fourth-order valence-corrected chi connectivity index (χ4v) is 14.2. The summed E-state index contributed by atoms with van der Waals surface area (Å²) in [4.78, 5) is 117. The Kier molecular flexibility index (Phi) is 28.5. The van der Waals surface area contributed by atoms with Crippen LogP contribution in [0.15, 0.2) is 128 Å². The summed E-state index contributed by atoms with van der Waals surface area (Å²) < 4.78 is 34.4. The van der Waals surface area contributed by atoms with E-state index in [2.05, 4.69) is 34.4 Å². The molecular weight excluding hydrogens is 1330 g/mol. The summed E-state index contributed by atoms with van der Waals surface area (Å²) in [7, 11) is 3.62. The van der Waals surface area contributed by atoms with Gasteiger partial charge in [0.2, 0.25) is 18.1 Å². The lowest BCUT2D eigenvalue weighted by Crippen LogP contribution is -2.63. The van der Waals surface area contributed by atoms with Crippen LogP contribution in [0.3, 0.4) is 0 Å². The summed E-state index contributed by atoms with van der Waals surface area (Å²) in [5.74, 6) is -5.67. The number of hydrogen-bond donors (Lipinski definition) is 7. The molecule has 4 aromatic carbocycles. The Hall–Kier alpha value is -8.85. The van der Waals surface area contributed by atoms with Gasteiger partial charge in [-0.05, 0) is 83.5 Å². The molecule has 24 nitrogen and oxygen atoms in total. The summed E-state index contributed by atoms with van der Waals surface area (Å²) in [6, 6.07) is 27.5. The first-order valence-corrected chi connectivity index (χ1v) is 36.0. The van der Waals surface area contributed by atoms with E-state index in [0.717, 1.165) is 45.6 Å². The maximum absolute atomic E-state index is 15.3. The van der Waals surface area contributed by atoms with Gasteiger partial charge in [-0.1, -0.05) is 159 Å². The lowest BCUT2D eigenvalue weighted by molar-refractivity contribution is -0.942. The SMILES string of the molecule is C=CCOC(=O)[C@H]1O[C@@H](Oc2ccc(C[N+]3(C)CCCC[C@@H]3C(=O)N[C@H](C(=O)N(C)[C@H](C[C@@H](OC(=O)C(C)C)c3nc(C(=O)N[C@@H](Cc4ccccc4)C[C@H](C)C(=O)OCC=C)cs3)C(C)C)[C@@H](C)CC)cc2NC(=O)CCNC(=O)OCC2c3ccccc3-c3ccccc32)[C@H](O)[C@@H](O)[C@@H]1O. The topological polar surface area (TPSA) is 317 Å². The number of rotatable bonds is 34. The van der Waals surface area contributed by atoms with Crippen molar-refractivity contribution in [3.8, 4) is 16.9 Å². The predicted octanol–water partition coefficient (Wildman–Crippen LogP) is 8.87. The van der Waals surface area contributed by atoms with Crippen molar-refractivity contribution in [1.29, 1.82) is 0 Å². The second kappa shape index (κ2) is 36.8. The minimum Gasteiger partial charge on any atom is -0.461 e.